The summed E-state index contributed by atoms with van der Waals surface area (Å²) in [6, 6.07) is 8.46. The van der Waals surface area contributed by atoms with Crippen molar-refractivity contribution in [3.8, 4) is 0 Å². The summed E-state index contributed by atoms with van der Waals surface area (Å²) in [6.45, 7) is 18.3. The molecular weight excluding hydrogens is 230 g/mol. The maximum Gasteiger partial charge on any atom is 0.0708 e. The molecule has 2 aromatic rings. The van der Waals surface area contributed by atoms with Crippen molar-refractivity contribution < 1.29 is 0 Å². The first kappa shape index (κ1) is 20.0. The Balaban J connectivity index is 0. The summed E-state index contributed by atoms with van der Waals surface area (Å²) < 4.78 is 0. The second kappa shape index (κ2) is 11.7. The summed E-state index contributed by atoms with van der Waals surface area (Å²) in [5.41, 5.74) is 4.79. The molecule has 0 saturated carbocycles. The van der Waals surface area contributed by atoms with Gasteiger partial charge in [-0.1, -0.05) is 53.7 Å². The second-order valence-corrected chi connectivity index (χ2v) is 3.53. The summed E-state index contributed by atoms with van der Waals surface area (Å²) in [4.78, 5) is 4.54. The van der Waals surface area contributed by atoms with Crippen LogP contribution in [-0.2, 0) is 0 Å². The Morgan fingerprint density at radius 1 is 0.737 bits per heavy atom. The molecule has 2 rings (SSSR count). The number of pyridine rings is 1. The first-order chi connectivity index (χ1) is 9.18. The van der Waals surface area contributed by atoms with E-state index in [1.54, 1.807) is 0 Å². The van der Waals surface area contributed by atoms with Crippen molar-refractivity contribution in [2.24, 2.45) is 0 Å². The van der Waals surface area contributed by atoms with Crippen LogP contribution in [0.1, 0.15) is 58.4 Å². The lowest BCUT2D eigenvalue weighted by molar-refractivity contribution is 1.19. The van der Waals surface area contributed by atoms with E-state index in [2.05, 4.69) is 50.0 Å². The Morgan fingerprint density at radius 2 is 1.26 bits per heavy atom. The summed E-state index contributed by atoms with van der Waals surface area (Å²) in [5, 5.41) is 1.27. The molecule has 0 unspecified atom stereocenters. The Bertz CT molecular complexity index is 458. The highest BCUT2D eigenvalue weighted by Crippen LogP contribution is 2.18. The molecule has 0 atom stereocenters. The predicted molar refractivity (Wildman–Crippen MR) is 90.0 cm³/mol. The van der Waals surface area contributed by atoms with Gasteiger partial charge in [-0.25, -0.2) is 0 Å². The highest BCUT2D eigenvalue weighted by Gasteiger charge is 2.00. The maximum absolute atomic E-state index is 4.54. The van der Waals surface area contributed by atoms with E-state index >= 15 is 0 Å². The van der Waals surface area contributed by atoms with E-state index in [1.807, 2.05) is 41.5 Å². The molecule has 0 bridgehead atoms. The number of hydrogen-bond acceptors (Lipinski definition) is 1. The van der Waals surface area contributed by atoms with E-state index in [4.69, 9.17) is 0 Å². The van der Waals surface area contributed by atoms with E-state index < -0.39 is 0 Å². The van der Waals surface area contributed by atoms with Crippen molar-refractivity contribution in [1.82, 2.24) is 4.98 Å². The summed E-state index contributed by atoms with van der Waals surface area (Å²) in [5.74, 6) is 0. The van der Waals surface area contributed by atoms with E-state index in [0.29, 0.717) is 0 Å². The lowest BCUT2D eigenvalue weighted by Gasteiger charge is -2.04. The second-order valence-electron chi connectivity index (χ2n) is 3.53. The molecule has 1 aromatic carbocycles. The van der Waals surface area contributed by atoms with Crippen LogP contribution >= 0.6 is 0 Å². The first-order valence-corrected chi connectivity index (χ1v) is 7.52. The van der Waals surface area contributed by atoms with Crippen LogP contribution in [-0.4, -0.2) is 4.98 Å². The standard InChI is InChI=1S/C12H13N.3C2H6/c1-8-5-4-6-12-11(8)7-9(2)10(3)13-12;3*1-2/h4-7H,1-3H3;3*1-2H3. The van der Waals surface area contributed by atoms with Gasteiger partial charge in [0.1, 0.15) is 0 Å². The molecule has 1 nitrogen and oxygen atoms in total. The Hall–Kier alpha value is -1.37. The molecule has 0 fully saturated rings. The average molecular weight is 261 g/mol. The zero-order chi connectivity index (χ0) is 15.4. The van der Waals surface area contributed by atoms with Crippen LogP contribution in [0.2, 0.25) is 0 Å². The van der Waals surface area contributed by atoms with Crippen molar-refractivity contribution in [2.75, 3.05) is 0 Å². The average Bonchev–Trinajstić information content (AvgIpc) is 2.48. The van der Waals surface area contributed by atoms with Crippen LogP contribution < -0.4 is 0 Å². The van der Waals surface area contributed by atoms with Crippen LogP contribution in [0, 0.1) is 20.8 Å². The lowest BCUT2D eigenvalue weighted by atomic mass is 10.1. The molecular formula is C18H31N. The first-order valence-electron chi connectivity index (χ1n) is 7.52. The zero-order valence-corrected chi connectivity index (χ0v) is 14.3. The molecule has 1 aromatic heterocycles. The minimum atomic E-state index is 1.10. The third-order valence-corrected chi connectivity index (χ3v) is 2.52. The molecule has 1 heteroatoms. The van der Waals surface area contributed by atoms with Gasteiger partial charge in [-0.3, -0.25) is 4.98 Å². The number of rotatable bonds is 0. The van der Waals surface area contributed by atoms with Gasteiger partial charge in [0.05, 0.1) is 5.52 Å². The van der Waals surface area contributed by atoms with Crippen LogP contribution in [0.15, 0.2) is 24.3 Å². The van der Waals surface area contributed by atoms with Gasteiger partial charge in [0.15, 0.2) is 0 Å². The summed E-state index contributed by atoms with van der Waals surface area (Å²) >= 11 is 0. The number of nitrogens with zero attached hydrogens (tertiary/aromatic N) is 1. The topological polar surface area (TPSA) is 12.9 Å². The predicted octanol–water partition coefficient (Wildman–Crippen LogP) is 6.24. The number of hydrogen-bond donors (Lipinski definition) is 0. The molecule has 0 radical (unpaired) electrons. The van der Waals surface area contributed by atoms with Gasteiger partial charge >= 0.3 is 0 Å². The molecule has 1 heterocycles. The highest BCUT2D eigenvalue weighted by molar-refractivity contribution is 5.82. The van der Waals surface area contributed by atoms with E-state index in [-0.39, 0.29) is 0 Å². The number of fused-ring (bicyclic) bond motifs is 1. The maximum atomic E-state index is 4.54. The third kappa shape index (κ3) is 5.87. The van der Waals surface area contributed by atoms with Gasteiger partial charge in [-0.05, 0) is 44.0 Å². The van der Waals surface area contributed by atoms with Crippen LogP contribution in [0.4, 0.5) is 0 Å². The van der Waals surface area contributed by atoms with Crippen LogP contribution in [0.25, 0.3) is 10.9 Å². The molecule has 0 spiro atoms. The van der Waals surface area contributed by atoms with E-state index in [0.717, 1.165) is 11.2 Å². The minimum Gasteiger partial charge on any atom is -0.253 e. The van der Waals surface area contributed by atoms with Crippen LogP contribution in [0.3, 0.4) is 0 Å². The van der Waals surface area contributed by atoms with Crippen molar-refractivity contribution in [3.05, 3.63) is 41.1 Å². The molecule has 108 valence electrons. The van der Waals surface area contributed by atoms with Gasteiger partial charge in [0.2, 0.25) is 0 Å². The Kier molecular flexibility index (Phi) is 12.3. The molecule has 0 saturated heterocycles. The fraction of sp³-hybridized carbons (Fsp3) is 0.500. The largest absolute Gasteiger partial charge is 0.253 e. The number of aryl methyl sites for hydroxylation is 3. The zero-order valence-electron chi connectivity index (χ0n) is 14.3. The quantitative estimate of drug-likeness (QED) is 0.547. The van der Waals surface area contributed by atoms with Gasteiger partial charge in [-0.2, -0.15) is 0 Å². The van der Waals surface area contributed by atoms with E-state index in [1.165, 1.54) is 16.5 Å². The van der Waals surface area contributed by atoms with Gasteiger partial charge in [0, 0.05) is 11.1 Å². The number of aromatic nitrogens is 1. The third-order valence-electron chi connectivity index (χ3n) is 2.52. The summed E-state index contributed by atoms with van der Waals surface area (Å²) in [6.07, 6.45) is 0. The van der Waals surface area contributed by atoms with Crippen LogP contribution in [0.5, 0.6) is 0 Å². The number of benzene rings is 1. The van der Waals surface area contributed by atoms with Gasteiger partial charge in [-0.15, -0.1) is 0 Å². The van der Waals surface area contributed by atoms with Crippen molar-refractivity contribution in [1.29, 1.82) is 0 Å². The normalized spacial score (nSPS) is 8.26. The van der Waals surface area contributed by atoms with E-state index in [9.17, 15) is 0 Å². The summed E-state index contributed by atoms with van der Waals surface area (Å²) in [7, 11) is 0. The van der Waals surface area contributed by atoms with Crippen molar-refractivity contribution in [2.45, 2.75) is 62.3 Å². The highest BCUT2D eigenvalue weighted by atomic mass is 14.7. The van der Waals surface area contributed by atoms with Crippen molar-refractivity contribution in [3.63, 3.8) is 0 Å². The fourth-order valence-corrected chi connectivity index (χ4v) is 1.54. The van der Waals surface area contributed by atoms with Gasteiger partial charge in [0.25, 0.3) is 0 Å². The molecule has 0 N–H and O–H groups in total. The Morgan fingerprint density at radius 3 is 1.79 bits per heavy atom. The molecule has 0 aliphatic carbocycles. The Labute approximate surface area is 120 Å². The van der Waals surface area contributed by atoms with Gasteiger partial charge < -0.3 is 0 Å². The van der Waals surface area contributed by atoms with Crippen molar-refractivity contribution >= 4 is 10.9 Å². The lowest BCUT2D eigenvalue weighted by Crippen LogP contribution is -1.89. The molecule has 0 aliphatic rings. The smallest absolute Gasteiger partial charge is 0.0708 e. The molecule has 19 heavy (non-hydrogen) atoms. The minimum absolute atomic E-state index is 1.10. The molecule has 0 aliphatic heterocycles. The monoisotopic (exact) mass is 261 g/mol. The molecule has 0 amide bonds. The fourth-order valence-electron chi connectivity index (χ4n) is 1.54. The SMILES string of the molecule is CC.CC.CC.Cc1cc2c(C)cccc2nc1C.